The summed E-state index contributed by atoms with van der Waals surface area (Å²) in [4.78, 5) is 0. The van der Waals surface area contributed by atoms with Gasteiger partial charge in [0, 0.05) is 7.11 Å². The Balaban J connectivity index is 2.05. The van der Waals surface area contributed by atoms with Crippen LogP contribution in [0.4, 0.5) is 0 Å². The molecule has 0 aliphatic rings. The Bertz CT molecular complexity index is 727. The van der Waals surface area contributed by atoms with E-state index in [0.29, 0.717) is 6.61 Å². The molecule has 0 radical (unpaired) electrons. The van der Waals surface area contributed by atoms with Gasteiger partial charge in [-0.1, -0.05) is 42.5 Å². The minimum absolute atomic E-state index is 0.0294. The number of rotatable bonds is 5. The van der Waals surface area contributed by atoms with E-state index in [1.807, 2.05) is 19.2 Å². The molecule has 0 fully saturated rings. The second-order valence-corrected chi connectivity index (χ2v) is 5.03. The van der Waals surface area contributed by atoms with E-state index in [-0.39, 0.29) is 6.04 Å². The van der Waals surface area contributed by atoms with Crippen LogP contribution in [0.1, 0.15) is 23.1 Å². The standard InChI is InChI=1S/C18H19NO2/c1-19-18(17-11-10-14(21-17)12-20-2)16-9-5-7-13-6-3-4-8-15(13)16/h3-11,18-19H,12H2,1-2H3. The molecular formula is C18H19NO2. The van der Waals surface area contributed by atoms with Crippen LogP contribution in [-0.2, 0) is 11.3 Å². The second-order valence-electron chi connectivity index (χ2n) is 5.03. The molecule has 3 rings (SSSR count). The third-order valence-corrected chi connectivity index (χ3v) is 3.68. The lowest BCUT2D eigenvalue weighted by Gasteiger charge is -2.16. The van der Waals surface area contributed by atoms with Gasteiger partial charge >= 0.3 is 0 Å². The molecule has 0 amide bonds. The van der Waals surface area contributed by atoms with Gasteiger partial charge in [0.1, 0.15) is 18.1 Å². The van der Waals surface area contributed by atoms with Crippen molar-refractivity contribution in [2.24, 2.45) is 0 Å². The van der Waals surface area contributed by atoms with Crippen LogP contribution >= 0.6 is 0 Å². The molecule has 0 aliphatic carbocycles. The predicted molar refractivity (Wildman–Crippen MR) is 84.3 cm³/mol. The highest BCUT2D eigenvalue weighted by Gasteiger charge is 2.18. The fourth-order valence-corrected chi connectivity index (χ4v) is 2.72. The SMILES string of the molecule is CNC(c1ccc(COC)o1)c1cccc2ccccc12. The number of hydrogen-bond acceptors (Lipinski definition) is 3. The molecule has 0 bridgehead atoms. The largest absolute Gasteiger partial charge is 0.462 e. The molecule has 0 saturated carbocycles. The average molecular weight is 281 g/mol. The third-order valence-electron chi connectivity index (χ3n) is 3.68. The molecule has 1 N–H and O–H groups in total. The summed E-state index contributed by atoms with van der Waals surface area (Å²) < 4.78 is 11.0. The van der Waals surface area contributed by atoms with E-state index < -0.39 is 0 Å². The summed E-state index contributed by atoms with van der Waals surface area (Å²) in [7, 11) is 3.62. The first-order chi connectivity index (χ1) is 10.3. The fraction of sp³-hybridized carbons (Fsp3) is 0.222. The van der Waals surface area contributed by atoms with Gasteiger partial charge < -0.3 is 14.5 Å². The molecule has 0 saturated heterocycles. The number of methoxy groups -OCH3 is 1. The van der Waals surface area contributed by atoms with Crippen molar-refractivity contribution in [3.63, 3.8) is 0 Å². The minimum atomic E-state index is 0.0294. The molecule has 0 spiro atoms. The van der Waals surface area contributed by atoms with Gasteiger partial charge in [-0.2, -0.15) is 0 Å². The second kappa shape index (κ2) is 6.12. The maximum absolute atomic E-state index is 5.89. The van der Waals surface area contributed by atoms with Gasteiger partial charge in [-0.25, -0.2) is 0 Å². The number of nitrogens with one attached hydrogen (secondary N) is 1. The number of furan rings is 1. The summed E-state index contributed by atoms with van der Waals surface area (Å²) in [6.45, 7) is 0.492. The molecular weight excluding hydrogens is 262 g/mol. The quantitative estimate of drug-likeness (QED) is 0.770. The van der Waals surface area contributed by atoms with Crippen molar-refractivity contribution in [1.29, 1.82) is 0 Å². The molecule has 1 unspecified atom stereocenters. The van der Waals surface area contributed by atoms with Crippen LogP contribution in [0.25, 0.3) is 10.8 Å². The lowest BCUT2D eigenvalue weighted by Crippen LogP contribution is -2.17. The first-order valence-corrected chi connectivity index (χ1v) is 7.06. The Morgan fingerprint density at radius 3 is 2.67 bits per heavy atom. The maximum Gasteiger partial charge on any atom is 0.129 e. The number of fused-ring (bicyclic) bond motifs is 1. The van der Waals surface area contributed by atoms with Crippen LogP contribution in [-0.4, -0.2) is 14.2 Å². The van der Waals surface area contributed by atoms with E-state index in [1.165, 1.54) is 16.3 Å². The van der Waals surface area contributed by atoms with E-state index in [1.54, 1.807) is 7.11 Å². The van der Waals surface area contributed by atoms with Gasteiger partial charge in [0.2, 0.25) is 0 Å². The number of benzene rings is 2. The normalized spacial score (nSPS) is 12.7. The highest BCUT2D eigenvalue weighted by molar-refractivity contribution is 5.86. The van der Waals surface area contributed by atoms with Crippen LogP contribution in [0.15, 0.2) is 59.0 Å². The van der Waals surface area contributed by atoms with Gasteiger partial charge in [0.15, 0.2) is 0 Å². The number of ether oxygens (including phenoxy) is 1. The minimum Gasteiger partial charge on any atom is -0.462 e. The molecule has 3 aromatic rings. The van der Waals surface area contributed by atoms with E-state index in [2.05, 4.69) is 47.8 Å². The first-order valence-electron chi connectivity index (χ1n) is 7.06. The molecule has 21 heavy (non-hydrogen) atoms. The van der Waals surface area contributed by atoms with Gasteiger partial charge in [0.05, 0.1) is 6.04 Å². The van der Waals surface area contributed by atoms with E-state index in [9.17, 15) is 0 Å². The van der Waals surface area contributed by atoms with Crippen LogP contribution in [0.2, 0.25) is 0 Å². The topological polar surface area (TPSA) is 34.4 Å². The van der Waals surface area contributed by atoms with E-state index >= 15 is 0 Å². The summed E-state index contributed by atoms with van der Waals surface area (Å²) in [6, 6.07) is 18.8. The van der Waals surface area contributed by atoms with Crippen molar-refractivity contribution in [2.45, 2.75) is 12.6 Å². The van der Waals surface area contributed by atoms with Crippen molar-refractivity contribution in [1.82, 2.24) is 5.32 Å². The van der Waals surface area contributed by atoms with Crippen LogP contribution in [0.3, 0.4) is 0 Å². The number of hydrogen-bond donors (Lipinski definition) is 1. The van der Waals surface area contributed by atoms with Gasteiger partial charge in [0.25, 0.3) is 0 Å². The zero-order chi connectivity index (χ0) is 14.7. The summed E-state index contributed by atoms with van der Waals surface area (Å²) in [5.74, 6) is 1.74. The highest BCUT2D eigenvalue weighted by Crippen LogP contribution is 2.29. The zero-order valence-electron chi connectivity index (χ0n) is 12.3. The Morgan fingerprint density at radius 2 is 1.86 bits per heavy atom. The van der Waals surface area contributed by atoms with Gasteiger partial charge in [-0.3, -0.25) is 0 Å². The molecule has 3 heteroatoms. The van der Waals surface area contributed by atoms with E-state index in [0.717, 1.165) is 11.5 Å². The zero-order valence-corrected chi connectivity index (χ0v) is 12.3. The molecule has 0 aliphatic heterocycles. The lowest BCUT2D eigenvalue weighted by molar-refractivity contribution is 0.162. The molecule has 1 heterocycles. The smallest absolute Gasteiger partial charge is 0.129 e. The predicted octanol–water partition coefficient (Wildman–Crippen LogP) is 3.89. The lowest BCUT2D eigenvalue weighted by atomic mass is 9.97. The van der Waals surface area contributed by atoms with Gasteiger partial charge in [-0.05, 0) is 35.5 Å². The summed E-state index contributed by atoms with van der Waals surface area (Å²) in [5, 5.41) is 5.82. The Hall–Kier alpha value is -2.10. The fourth-order valence-electron chi connectivity index (χ4n) is 2.72. The Labute approximate surface area is 124 Å². The molecule has 108 valence electrons. The molecule has 2 aromatic carbocycles. The van der Waals surface area contributed by atoms with Crippen molar-refractivity contribution in [3.8, 4) is 0 Å². The summed E-state index contributed by atoms with van der Waals surface area (Å²) >= 11 is 0. The Kier molecular flexibility index (Phi) is 4.04. The molecule has 1 aromatic heterocycles. The van der Waals surface area contributed by atoms with Crippen LogP contribution in [0, 0.1) is 0 Å². The summed E-state index contributed by atoms with van der Waals surface area (Å²) in [5.41, 5.74) is 1.22. The summed E-state index contributed by atoms with van der Waals surface area (Å²) in [6.07, 6.45) is 0. The average Bonchev–Trinajstić information content (AvgIpc) is 2.97. The monoisotopic (exact) mass is 281 g/mol. The first kappa shape index (κ1) is 13.9. The van der Waals surface area contributed by atoms with Crippen molar-refractivity contribution < 1.29 is 9.15 Å². The maximum atomic E-state index is 5.89. The van der Waals surface area contributed by atoms with Gasteiger partial charge in [-0.15, -0.1) is 0 Å². The van der Waals surface area contributed by atoms with Crippen molar-refractivity contribution >= 4 is 10.8 Å². The third kappa shape index (κ3) is 2.71. The van der Waals surface area contributed by atoms with Crippen LogP contribution in [0.5, 0.6) is 0 Å². The van der Waals surface area contributed by atoms with Crippen molar-refractivity contribution in [3.05, 3.63) is 71.7 Å². The molecule has 3 nitrogen and oxygen atoms in total. The van der Waals surface area contributed by atoms with E-state index in [4.69, 9.17) is 9.15 Å². The van der Waals surface area contributed by atoms with Crippen LogP contribution < -0.4 is 5.32 Å². The molecule has 1 atom stereocenters. The highest BCUT2D eigenvalue weighted by atomic mass is 16.5. The van der Waals surface area contributed by atoms with Crippen molar-refractivity contribution in [2.75, 3.05) is 14.2 Å². The Morgan fingerprint density at radius 1 is 1.05 bits per heavy atom.